The molecule has 30 rings (SSSR count). The van der Waals surface area contributed by atoms with Crippen molar-refractivity contribution in [2.45, 2.75) is 0 Å². The highest BCUT2D eigenvalue weighted by atomic mass is 32.1. The summed E-state index contributed by atoms with van der Waals surface area (Å²) in [5.41, 5.74) is 23.1. The van der Waals surface area contributed by atoms with E-state index in [-0.39, 0.29) is 0 Å². The molecule has 0 bridgehead atoms. The third-order valence-corrected chi connectivity index (χ3v) is 29.1. The van der Waals surface area contributed by atoms with Crippen LogP contribution in [-0.2, 0) is 0 Å². The number of furan rings is 3. The van der Waals surface area contributed by atoms with Gasteiger partial charge in [-0.1, -0.05) is 255 Å². The third kappa shape index (κ3) is 11.2. The normalized spacial score (nSPS) is 12.3. The molecule has 0 aliphatic heterocycles. The number of hydrogen-bond acceptors (Lipinski definition) is 10. The van der Waals surface area contributed by atoms with Crippen LogP contribution in [0.25, 0.3) is 297 Å². The Hall–Kier alpha value is -18.2. The minimum atomic E-state index is 0.482. The summed E-state index contributed by atoms with van der Waals surface area (Å²) in [4.78, 5) is 34.3. The third-order valence-electron chi connectivity index (χ3n) is 28.0. The number of benzene rings is 20. The molecule has 30 aromatic rings. The second-order valence-electron chi connectivity index (χ2n) is 35.5. The fraction of sp³-hybridized carbons (Fsp3) is 0. The largest absolute Gasteiger partial charge is 0.456 e. The summed E-state index contributed by atoms with van der Waals surface area (Å²) in [7, 11) is 0. The van der Waals surface area contributed by atoms with Gasteiger partial charge in [-0.15, -0.1) is 11.3 Å². The van der Waals surface area contributed by atoms with Crippen LogP contribution in [0.5, 0.6) is 0 Å². The molecule has 0 radical (unpaired) electrons. The van der Waals surface area contributed by atoms with Crippen LogP contribution in [-0.4, -0.2) is 48.2 Å². The van der Waals surface area contributed by atoms with Crippen molar-refractivity contribution in [1.29, 1.82) is 0 Å². The summed E-state index contributed by atoms with van der Waals surface area (Å²) in [5, 5.41) is 21.4. The monoisotopic (exact) mass is 1750 g/mol. The molecule has 630 valence electrons. The van der Waals surface area contributed by atoms with Gasteiger partial charge in [0.05, 0.1) is 55.5 Å². The van der Waals surface area contributed by atoms with E-state index in [0.717, 1.165) is 225 Å². The zero-order valence-electron chi connectivity index (χ0n) is 72.4. The van der Waals surface area contributed by atoms with Gasteiger partial charge >= 0.3 is 0 Å². The molecule has 0 amide bonds. The van der Waals surface area contributed by atoms with Crippen LogP contribution in [0.1, 0.15) is 0 Å². The smallest absolute Gasteiger partial charge is 0.166 e. The molecular formula is C122H68N10O3S. The fourth-order valence-corrected chi connectivity index (χ4v) is 22.9. The Morgan fingerprint density at radius 1 is 0.176 bits per heavy atom. The number of fused-ring (bicyclic) bond motifs is 26. The zero-order valence-corrected chi connectivity index (χ0v) is 73.2. The number of thiophene rings is 1. The standard InChI is InChI=1S/C122H68N10O3S/c1-3-29-77(30-4-1)129-99-43-17-11-33-79(99)83-53-49-75(63-103(83)129)119-123-117(125-121(127-119)97-65-94-85-37-15-21-47-109(85)133-111(94)67-107(97)131-101-45-19-13-35-81(101)91-57-69-25-7-9-27-71(69)61-105(91)131)73-51-55-110-93(59-73)89-41-23-39-87(115(89)134-110)88-40-24-42-90-95-66-98(108(68-112(95)135-116(88)90)132-102-46-20-14-36-82(102)92-58-70-26-8-10-28-72(70)62-106(92)132)122-126-118(74-52-56-114-96(60-74)86-38-16-22-48-113(86)136-114)124-120(128-122)76-50-54-84-80-34-12-18-44-100(80)130(104(84)64-76)78-31-5-2-6-32-78/h1-68H. The van der Waals surface area contributed by atoms with Gasteiger partial charge in [0.25, 0.3) is 0 Å². The number of para-hydroxylation sites is 9. The van der Waals surface area contributed by atoms with Crippen LogP contribution < -0.4 is 0 Å². The second kappa shape index (κ2) is 28.6. The van der Waals surface area contributed by atoms with E-state index in [1.54, 1.807) is 11.3 Å². The topological polar surface area (TPSA) is 136 Å². The van der Waals surface area contributed by atoms with Gasteiger partial charge < -0.3 is 31.5 Å². The van der Waals surface area contributed by atoms with Crippen LogP contribution in [0.2, 0.25) is 0 Å². The van der Waals surface area contributed by atoms with Gasteiger partial charge in [0.15, 0.2) is 34.9 Å². The lowest BCUT2D eigenvalue weighted by Gasteiger charge is -2.15. The molecule has 0 aliphatic carbocycles. The van der Waals surface area contributed by atoms with Crippen molar-refractivity contribution in [2.24, 2.45) is 0 Å². The fourth-order valence-electron chi connectivity index (χ4n) is 21.8. The molecule has 136 heavy (non-hydrogen) atoms. The molecule has 0 aliphatic rings. The van der Waals surface area contributed by atoms with Crippen molar-refractivity contribution in [3.63, 3.8) is 0 Å². The first-order valence-corrected chi connectivity index (χ1v) is 46.6. The van der Waals surface area contributed by atoms with Gasteiger partial charge in [-0.2, -0.15) is 0 Å². The van der Waals surface area contributed by atoms with E-state index >= 15 is 0 Å². The van der Waals surface area contributed by atoms with E-state index in [1.165, 1.54) is 14.8 Å². The maximum atomic E-state index is 7.58. The number of hydrogen-bond donors (Lipinski definition) is 0. The Balaban J connectivity index is 0.625. The maximum Gasteiger partial charge on any atom is 0.166 e. The summed E-state index contributed by atoms with van der Waals surface area (Å²) in [6.07, 6.45) is 0. The maximum absolute atomic E-state index is 7.58. The van der Waals surface area contributed by atoms with Crippen molar-refractivity contribution in [3.8, 4) is 102 Å². The van der Waals surface area contributed by atoms with Gasteiger partial charge in [0.2, 0.25) is 0 Å². The van der Waals surface area contributed by atoms with Gasteiger partial charge in [-0.05, 0) is 167 Å². The molecule has 0 saturated heterocycles. The predicted octanol–water partition coefficient (Wildman–Crippen LogP) is 32.5. The predicted molar refractivity (Wildman–Crippen MR) is 558 cm³/mol. The first kappa shape index (κ1) is 74.5. The van der Waals surface area contributed by atoms with E-state index in [1.807, 2.05) is 12.1 Å². The SMILES string of the molecule is c1ccc(-n2c3ccccc3c3ccc(-c4nc(-c5ccc6oc7c(-c8cccc9c8oc8cc(-n%10c%11ccccc%11c%11cc%12ccccc%12cc%11%10)c(-c%10nc(-c%11ccc%12sc%13ccccc%13c%12c%11)nc(-c%11ccc%12c%13ccccc%13n(-c%13ccccc%13)c%12c%11)n%10)cc89)cccc7c6c5)nc(-c5cc6c(cc5-n5c7ccccc7c7cc8ccccc8cc75)oc5ccccc56)n4)cc32)cc1. The summed E-state index contributed by atoms with van der Waals surface area (Å²) in [6, 6.07) is 147. The van der Waals surface area contributed by atoms with Crippen molar-refractivity contribution in [1.82, 2.24) is 48.2 Å². The van der Waals surface area contributed by atoms with Crippen molar-refractivity contribution in [3.05, 3.63) is 413 Å². The van der Waals surface area contributed by atoms with Gasteiger partial charge in [0.1, 0.15) is 33.5 Å². The molecule has 10 heterocycles. The molecular weight excluding hydrogens is 1690 g/mol. The van der Waals surface area contributed by atoms with E-state index in [0.29, 0.717) is 57.3 Å². The zero-order chi connectivity index (χ0) is 88.6. The quantitative estimate of drug-likeness (QED) is 0.124. The van der Waals surface area contributed by atoms with E-state index in [2.05, 4.69) is 419 Å². The minimum absolute atomic E-state index is 0.482. The second-order valence-corrected chi connectivity index (χ2v) is 36.6. The molecule has 20 aromatic carbocycles. The molecule has 13 nitrogen and oxygen atoms in total. The van der Waals surface area contributed by atoms with Gasteiger partial charge in [-0.3, -0.25) is 0 Å². The van der Waals surface area contributed by atoms with Crippen LogP contribution in [0.15, 0.2) is 426 Å². The lowest BCUT2D eigenvalue weighted by atomic mass is 9.99. The number of rotatable bonds is 11. The highest BCUT2D eigenvalue weighted by molar-refractivity contribution is 7.25. The highest BCUT2D eigenvalue weighted by Gasteiger charge is 2.30. The Morgan fingerprint density at radius 3 is 1.04 bits per heavy atom. The van der Waals surface area contributed by atoms with Crippen LogP contribution in [0.3, 0.4) is 0 Å². The Morgan fingerprint density at radius 2 is 0.522 bits per heavy atom. The molecule has 0 atom stereocenters. The van der Waals surface area contributed by atoms with Crippen LogP contribution >= 0.6 is 11.3 Å². The number of nitrogens with zero attached hydrogens (tertiary/aromatic N) is 10. The van der Waals surface area contributed by atoms with Crippen LogP contribution in [0, 0.1) is 0 Å². The summed E-state index contributed by atoms with van der Waals surface area (Å²) < 4.78 is 33.6. The van der Waals surface area contributed by atoms with Crippen molar-refractivity contribution >= 4 is 206 Å². The lowest BCUT2D eigenvalue weighted by Crippen LogP contribution is -2.04. The van der Waals surface area contributed by atoms with Crippen molar-refractivity contribution < 1.29 is 13.3 Å². The average molecular weight is 1750 g/mol. The van der Waals surface area contributed by atoms with E-state index < -0.39 is 0 Å². The van der Waals surface area contributed by atoms with Crippen LogP contribution in [0.4, 0.5) is 0 Å². The highest BCUT2D eigenvalue weighted by Crippen LogP contribution is 2.50. The van der Waals surface area contributed by atoms with E-state index in [4.69, 9.17) is 43.2 Å². The molecule has 0 N–H and O–H groups in total. The van der Waals surface area contributed by atoms with Gasteiger partial charge in [0, 0.05) is 164 Å². The molecule has 0 saturated carbocycles. The molecule has 14 heteroatoms. The summed E-state index contributed by atoms with van der Waals surface area (Å²) in [6.45, 7) is 0. The summed E-state index contributed by atoms with van der Waals surface area (Å²) in [5.74, 6) is 3.05. The Bertz CT molecular complexity index is 10400. The molecule has 0 fully saturated rings. The minimum Gasteiger partial charge on any atom is -0.456 e. The average Bonchev–Trinajstić information content (AvgIpc) is 1.52. The van der Waals surface area contributed by atoms with E-state index in [9.17, 15) is 0 Å². The number of aromatic nitrogens is 10. The van der Waals surface area contributed by atoms with Crippen molar-refractivity contribution in [2.75, 3.05) is 0 Å². The Labute approximate surface area is 776 Å². The summed E-state index contributed by atoms with van der Waals surface area (Å²) >= 11 is 1.79. The Kier molecular flexibility index (Phi) is 15.7. The lowest BCUT2D eigenvalue weighted by molar-refractivity contribution is 0.665. The first-order chi connectivity index (χ1) is 67.4. The first-order valence-electron chi connectivity index (χ1n) is 45.7. The molecule has 10 aromatic heterocycles. The molecule has 0 spiro atoms. The van der Waals surface area contributed by atoms with Gasteiger partial charge in [-0.25, -0.2) is 29.9 Å². The molecule has 0 unspecified atom stereocenters.